The highest BCUT2D eigenvalue weighted by atomic mass is 15.0. The minimum absolute atomic E-state index is 0.105. The Hall–Kier alpha value is -3.73. The molecule has 5 nitrogen and oxygen atoms in total. The molecule has 0 spiro atoms. The van der Waals surface area contributed by atoms with Gasteiger partial charge in [-0.3, -0.25) is 9.97 Å². The van der Waals surface area contributed by atoms with E-state index in [0.29, 0.717) is 0 Å². The monoisotopic (exact) mass is 407 g/mol. The normalized spacial score (nSPS) is 15.4. The predicted molar refractivity (Wildman–Crippen MR) is 128 cm³/mol. The zero-order valence-corrected chi connectivity index (χ0v) is 18.2. The van der Waals surface area contributed by atoms with Crippen LogP contribution in [0.2, 0.25) is 0 Å². The quantitative estimate of drug-likeness (QED) is 0.414. The van der Waals surface area contributed by atoms with Gasteiger partial charge in [0.05, 0.1) is 5.69 Å². The van der Waals surface area contributed by atoms with Crippen molar-refractivity contribution in [1.29, 1.82) is 0 Å². The molecule has 0 bridgehead atoms. The molecule has 0 unspecified atom stereocenters. The maximum Gasteiger partial charge on any atom is 0.140 e. The first-order valence-corrected chi connectivity index (χ1v) is 10.4. The van der Waals surface area contributed by atoms with Crippen molar-refractivity contribution in [1.82, 2.24) is 20.3 Å². The van der Waals surface area contributed by atoms with E-state index in [0.717, 1.165) is 56.3 Å². The first kappa shape index (κ1) is 19.2. The lowest BCUT2D eigenvalue weighted by atomic mass is 9.88. The molecule has 0 radical (unpaired) electrons. The van der Waals surface area contributed by atoms with Crippen LogP contribution in [0.25, 0.3) is 28.0 Å². The molecule has 31 heavy (non-hydrogen) atoms. The van der Waals surface area contributed by atoms with E-state index in [1.165, 1.54) is 5.56 Å². The molecule has 0 aliphatic carbocycles. The summed E-state index contributed by atoms with van der Waals surface area (Å²) in [6.07, 6.45) is 3.55. The zero-order valence-electron chi connectivity index (χ0n) is 18.2. The Balaban J connectivity index is 1.84. The zero-order chi connectivity index (χ0) is 21.8. The van der Waals surface area contributed by atoms with E-state index in [9.17, 15) is 0 Å². The number of nitrogens with zero attached hydrogens (tertiary/aromatic N) is 3. The first-order valence-electron chi connectivity index (χ1n) is 10.4. The molecule has 0 amide bonds. The van der Waals surface area contributed by atoms with Crippen LogP contribution in [-0.2, 0) is 5.41 Å². The Bertz CT molecular complexity index is 1370. The lowest BCUT2D eigenvalue weighted by molar-refractivity contribution is 0.573. The fourth-order valence-electron chi connectivity index (χ4n) is 4.16. The summed E-state index contributed by atoms with van der Waals surface area (Å²) in [7, 11) is 0. The Morgan fingerprint density at radius 2 is 1.65 bits per heavy atom. The third-order valence-corrected chi connectivity index (χ3v) is 5.67. The van der Waals surface area contributed by atoms with Gasteiger partial charge in [-0.2, -0.15) is 0 Å². The van der Waals surface area contributed by atoms with Crippen LogP contribution in [0.4, 0.5) is 5.69 Å². The summed E-state index contributed by atoms with van der Waals surface area (Å²) in [6, 6.07) is 14.2. The van der Waals surface area contributed by atoms with Gasteiger partial charge < -0.3 is 10.3 Å². The highest BCUT2D eigenvalue weighted by Gasteiger charge is 2.28. The summed E-state index contributed by atoms with van der Waals surface area (Å²) in [6.45, 7) is 13.1. The highest BCUT2D eigenvalue weighted by molar-refractivity contribution is 6.15. The van der Waals surface area contributed by atoms with Gasteiger partial charge in [-0.15, -0.1) is 0 Å². The predicted octanol–water partition coefficient (Wildman–Crippen LogP) is 5.88. The van der Waals surface area contributed by atoms with Gasteiger partial charge in [-0.05, 0) is 36.8 Å². The molecule has 1 aliphatic rings. The standard InChI is InChI=1S/C26H25N5/c1-15-9-6-10-18-20(24(26(3,4)5)31-21(15)18)25-29-16(2)17-11-7-13-27-22(17)23-19(30-25)12-8-14-28-23/h6-14,31H,2H2,1,3-5H3,(H,29,30). The van der Waals surface area contributed by atoms with Crippen LogP contribution in [0.1, 0.15) is 43.2 Å². The van der Waals surface area contributed by atoms with Crippen LogP contribution in [0, 0.1) is 6.92 Å². The van der Waals surface area contributed by atoms with Crippen molar-refractivity contribution in [3.05, 3.63) is 83.8 Å². The van der Waals surface area contributed by atoms with E-state index in [-0.39, 0.29) is 5.41 Å². The largest absolute Gasteiger partial charge is 0.357 e. The van der Waals surface area contributed by atoms with Gasteiger partial charge in [0.2, 0.25) is 0 Å². The second-order valence-corrected chi connectivity index (χ2v) is 8.96. The van der Waals surface area contributed by atoms with Crippen LogP contribution in [0.5, 0.6) is 0 Å². The maximum absolute atomic E-state index is 5.07. The molecule has 0 saturated carbocycles. The third kappa shape index (κ3) is 3.13. The Labute approximate surface area is 182 Å². The average Bonchev–Trinajstić information content (AvgIpc) is 3.14. The van der Waals surface area contributed by atoms with Gasteiger partial charge in [0, 0.05) is 51.2 Å². The minimum atomic E-state index is -0.105. The summed E-state index contributed by atoms with van der Waals surface area (Å²) >= 11 is 0. The number of hydrogen-bond donors (Lipinski definition) is 2. The lowest BCUT2D eigenvalue weighted by Gasteiger charge is -2.23. The molecule has 5 rings (SSSR count). The van der Waals surface area contributed by atoms with Gasteiger partial charge in [0.15, 0.2) is 0 Å². The van der Waals surface area contributed by atoms with Crippen molar-refractivity contribution in [3.8, 4) is 11.4 Å². The Morgan fingerprint density at radius 3 is 2.42 bits per heavy atom. The topological polar surface area (TPSA) is 66.0 Å². The molecule has 0 fully saturated rings. The van der Waals surface area contributed by atoms with Crippen molar-refractivity contribution in [2.24, 2.45) is 4.99 Å². The van der Waals surface area contributed by atoms with Gasteiger partial charge in [-0.1, -0.05) is 45.5 Å². The highest BCUT2D eigenvalue weighted by Crippen LogP contribution is 2.37. The first-order chi connectivity index (χ1) is 14.8. The van der Waals surface area contributed by atoms with Crippen LogP contribution < -0.4 is 5.32 Å². The minimum Gasteiger partial charge on any atom is -0.357 e. The number of aliphatic imine (C=N–C) groups is 1. The maximum atomic E-state index is 5.07. The molecule has 0 atom stereocenters. The molecule has 3 aromatic heterocycles. The number of aromatic amines is 1. The van der Waals surface area contributed by atoms with Gasteiger partial charge in [0.25, 0.3) is 0 Å². The number of aromatic nitrogens is 3. The van der Waals surface area contributed by atoms with E-state index >= 15 is 0 Å². The van der Waals surface area contributed by atoms with Crippen LogP contribution >= 0.6 is 0 Å². The summed E-state index contributed by atoms with van der Waals surface area (Å²) in [4.78, 5) is 17.9. The van der Waals surface area contributed by atoms with Crippen molar-refractivity contribution >= 4 is 28.1 Å². The molecule has 154 valence electrons. The molecule has 0 saturated heterocycles. The third-order valence-electron chi connectivity index (χ3n) is 5.67. The molecule has 5 heteroatoms. The second-order valence-electron chi connectivity index (χ2n) is 8.96. The number of nitrogens with one attached hydrogen (secondary N) is 2. The van der Waals surface area contributed by atoms with E-state index in [1.54, 1.807) is 12.4 Å². The summed E-state index contributed by atoms with van der Waals surface area (Å²) in [5.74, 6) is 0.760. The molecule has 4 heterocycles. The fraction of sp³-hybridized carbons (Fsp3) is 0.192. The van der Waals surface area contributed by atoms with Crippen molar-refractivity contribution in [2.45, 2.75) is 33.1 Å². The van der Waals surface area contributed by atoms with Crippen LogP contribution in [0.3, 0.4) is 0 Å². The molecule has 1 aliphatic heterocycles. The number of hydrogen-bond acceptors (Lipinski definition) is 4. The summed E-state index contributed by atoms with van der Waals surface area (Å²) in [5.41, 5.74) is 8.41. The number of aryl methyl sites for hydroxylation is 1. The van der Waals surface area contributed by atoms with E-state index in [4.69, 9.17) is 4.99 Å². The molecule has 1 aromatic carbocycles. The lowest BCUT2D eigenvalue weighted by Crippen LogP contribution is -2.27. The number of para-hydroxylation sites is 1. The SMILES string of the molecule is C=C1N/C(c2c(C(C)(C)C)[nH]c3c(C)cccc23)=N\c2cccnc2-c2ncccc21. The number of rotatable bonds is 1. The van der Waals surface area contributed by atoms with Gasteiger partial charge in [0.1, 0.15) is 17.2 Å². The fourth-order valence-corrected chi connectivity index (χ4v) is 4.16. The van der Waals surface area contributed by atoms with Crippen molar-refractivity contribution < 1.29 is 0 Å². The Morgan fingerprint density at radius 1 is 0.903 bits per heavy atom. The van der Waals surface area contributed by atoms with Gasteiger partial charge >= 0.3 is 0 Å². The molecular weight excluding hydrogens is 382 g/mol. The van der Waals surface area contributed by atoms with Gasteiger partial charge in [-0.25, -0.2) is 4.99 Å². The van der Waals surface area contributed by atoms with Crippen molar-refractivity contribution in [2.75, 3.05) is 0 Å². The smallest absolute Gasteiger partial charge is 0.140 e. The van der Waals surface area contributed by atoms with Crippen LogP contribution in [-0.4, -0.2) is 20.8 Å². The molecule has 2 N–H and O–H groups in total. The summed E-state index contributed by atoms with van der Waals surface area (Å²) in [5, 5.41) is 4.65. The van der Waals surface area contributed by atoms with E-state index in [2.05, 4.69) is 72.7 Å². The van der Waals surface area contributed by atoms with Crippen molar-refractivity contribution in [3.63, 3.8) is 0 Å². The van der Waals surface area contributed by atoms with E-state index < -0.39 is 0 Å². The number of pyridine rings is 2. The molecular formula is C26H25N5. The number of fused-ring (bicyclic) bond motifs is 4. The number of amidine groups is 1. The van der Waals surface area contributed by atoms with Crippen LogP contribution in [0.15, 0.2) is 66.4 Å². The average molecular weight is 408 g/mol. The Kier molecular flexibility index (Phi) is 4.29. The summed E-state index contributed by atoms with van der Waals surface area (Å²) < 4.78 is 0. The second kappa shape index (κ2) is 6.91. The molecule has 4 aromatic rings. The van der Waals surface area contributed by atoms with E-state index in [1.807, 2.05) is 24.3 Å². The number of H-pyrrole nitrogens is 1. The number of benzene rings is 1.